The molecule has 1 saturated carbocycles. The standard InChI is InChI=1S/C10H17Cl2N/c1-8(2)10(3-4-10)7-13-6-9(12)5-11/h5,8,13H,3-4,6-7H2,1-2H3. The quantitative estimate of drug-likeness (QED) is 0.752. The maximum atomic E-state index is 5.76. The van der Waals surface area contributed by atoms with Crippen LogP contribution in [0.5, 0.6) is 0 Å². The summed E-state index contributed by atoms with van der Waals surface area (Å²) in [6, 6.07) is 0. The Hall–Kier alpha value is 0.280. The van der Waals surface area contributed by atoms with Gasteiger partial charge in [-0.25, -0.2) is 0 Å². The van der Waals surface area contributed by atoms with Crippen LogP contribution in [0, 0.1) is 11.3 Å². The lowest BCUT2D eigenvalue weighted by atomic mass is 9.92. The van der Waals surface area contributed by atoms with Crippen LogP contribution in [0.1, 0.15) is 26.7 Å². The van der Waals surface area contributed by atoms with Crippen molar-refractivity contribution in [2.75, 3.05) is 13.1 Å². The van der Waals surface area contributed by atoms with Gasteiger partial charge in [0.25, 0.3) is 0 Å². The summed E-state index contributed by atoms with van der Waals surface area (Å²) in [5.41, 5.74) is 1.97. The summed E-state index contributed by atoms with van der Waals surface area (Å²) in [4.78, 5) is 0. The van der Waals surface area contributed by atoms with Gasteiger partial charge in [0.15, 0.2) is 0 Å². The van der Waals surface area contributed by atoms with Crippen molar-refractivity contribution in [3.05, 3.63) is 10.6 Å². The molecule has 0 aromatic rings. The lowest BCUT2D eigenvalue weighted by molar-refractivity contribution is 0.343. The van der Waals surface area contributed by atoms with Gasteiger partial charge in [-0.1, -0.05) is 37.0 Å². The topological polar surface area (TPSA) is 12.0 Å². The van der Waals surface area contributed by atoms with E-state index in [0.717, 1.165) is 12.5 Å². The molecular formula is C10H17Cl2N. The minimum atomic E-state index is 0.545. The first-order valence-electron chi connectivity index (χ1n) is 4.76. The van der Waals surface area contributed by atoms with E-state index in [1.54, 1.807) is 0 Å². The van der Waals surface area contributed by atoms with Crippen LogP contribution in [-0.2, 0) is 0 Å². The van der Waals surface area contributed by atoms with E-state index >= 15 is 0 Å². The molecule has 1 aliphatic rings. The molecule has 1 nitrogen and oxygen atoms in total. The lowest BCUT2D eigenvalue weighted by Crippen LogP contribution is -2.28. The van der Waals surface area contributed by atoms with Crippen LogP contribution in [0.15, 0.2) is 10.6 Å². The molecule has 0 heterocycles. The van der Waals surface area contributed by atoms with E-state index in [1.807, 2.05) is 0 Å². The van der Waals surface area contributed by atoms with E-state index in [9.17, 15) is 0 Å². The van der Waals surface area contributed by atoms with Crippen molar-refractivity contribution in [3.63, 3.8) is 0 Å². The van der Waals surface area contributed by atoms with Crippen molar-refractivity contribution in [1.82, 2.24) is 5.32 Å². The third-order valence-electron chi connectivity index (χ3n) is 3.01. The van der Waals surface area contributed by atoms with E-state index in [-0.39, 0.29) is 0 Å². The van der Waals surface area contributed by atoms with Crippen molar-refractivity contribution < 1.29 is 0 Å². The number of rotatable bonds is 5. The number of hydrogen-bond donors (Lipinski definition) is 1. The molecule has 0 spiro atoms. The monoisotopic (exact) mass is 221 g/mol. The fourth-order valence-electron chi connectivity index (χ4n) is 1.59. The molecule has 0 unspecified atom stereocenters. The molecule has 0 aromatic carbocycles. The number of nitrogens with one attached hydrogen (secondary N) is 1. The molecule has 0 aromatic heterocycles. The molecule has 1 rings (SSSR count). The van der Waals surface area contributed by atoms with Gasteiger partial charge in [0.1, 0.15) is 0 Å². The second-order valence-electron chi connectivity index (χ2n) is 4.18. The SMILES string of the molecule is CC(C)C1(CNCC(Cl)=CCl)CC1. The van der Waals surface area contributed by atoms with E-state index in [0.29, 0.717) is 17.0 Å². The van der Waals surface area contributed by atoms with Crippen molar-refractivity contribution in [3.8, 4) is 0 Å². The third-order valence-corrected chi connectivity index (χ3v) is 3.62. The maximum absolute atomic E-state index is 5.76. The highest BCUT2D eigenvalue weighted by Gasteiger charge is 2.44. The highest BCUT2D eigenvalue weighted by Crippen LogP contribution is 2.51. The fourth-order valence-corrected chi connectivity index (χ4v) is 1.76. The zero-order valence-electron chi connectivity index (χ0n) is 8.24. The second-order valence-corrected chi connectivity index (χ2v) is 4.88. The predicted molar refractivity (Wildman–Crippen MR) is 59.2 cm³/mol. The number of halogens is 2. The number of hydrogen-bond acceptors (Lipinski definition) is 1. The van der Waals surface area contributed by atoms with Gasteiger partial charge < -0.3 is 5.32 Å². The van der Waals surface area contributed by atoms with Crippen LogP contribution in [0.2, 0.25) is 0 Å². The van der Waals surface area contributed by atoms with Crippen LogP contribution in [-0.4, -0.2) is 13.1 Å². The molecule has 1 fully saturated rings. The van der Waals surface area contributed by atoms with Crippen LogP contribution >= 0.6 is 23.2 Å². The normalized spacial score (nSPS) is 20.8. The minimum Gasteiger partial charge on any atom is -0.311 e. The highest BCUT2D eigenvalue weighted by molar-refractivity contribution is 6.36. The van der Waals surface area contributed by atoms with Crippen LogP contribution in [0.4, 0.5) is 0 Å². The Balaban J connectivity index is 2.20. The van der Waals surface area contributed by atoms with Gasteiger partial charge in [-0.05, 0) is 24.2 Å². The molecule has 1 aliphatic carbocycles. The Morgan fingerprint density at radius 1 is 1.54 bits per heavy atom. The molecule has 0 aliphatic heterocycles. The third kappa shape index (κ3) is 3.16. The van der Waals surface area contributed by atoms with Gasteiger partial charge in [-0.3, -0.25) is 0 Å². The van der Waals surface area contributed by atoms with Crippen LogP contribution in [0.3, 0.4) is 0 Å². The molecule has 0 atom stereocenters. The van der Waals surface area contributed by atoms with Crippen LogP contribution in [0.25, 0.3) is 0 Å². The summed E-state index contributed by atoms with van der Waals surface area (Å²) >= 11 is 11.2. The van der Waals surface area contributed by atoms with Gasteiger partial charge >= 0.3 is 0 Å². The largest absolute Gasteiger partial charge is 0.311 e. The molecule has 1 N–H and O–H groups in total. The molecule has 3 heteroatoms. The molecule has 13 heavy (non-hydrogen) atoms. The summed E-state index contributed by atoms with van der Waals surface area (Å²) in [6.07, 6.45) is 2.69. The summed E-state index contributed by atoms with van der Waals surface area (Å²) in [5.74, 6) is 0.763. The summed E-state index contributed by atoms with van der Waals surface area (Å²) < 4.78 is 0. The lowest BCUT2D eigenvalue weighted by Gasteiger charge is -2.19. The van der Waals surface area contributed by atoms with E-state index in [1.165, 1.54) is 18.4 Å². The van der Waals surface area contributed by atoms with Gasteiger partial charge in [0.05, 0.1) is 0 Å². The summed E-state index contributed by atoms with van der Waals surface area (Å²) in [7, 11) is 0. The zero-order chi connectivity index (χ0) is 9.90. The smallest absolute Gasteiger partial charge is 0.0431 e. The van der Waals surface area contributed by atoms with Gasteiger partial charge in [-0.15, -0.1) is 0 Å². The Bertz CT molecular complexity index is 195. The highest BCUT2D eigenvalue weighted by atomic mass is 35.5. The Labute approximate surface area is 90.5 Å². The van der Waals surface area contributed by atoms with Crippen molar-refractivity contribution in [2.24, 2.45) is 11.3 Å². The molecule has 76 valence electrons. The van der Waals surface area contributed by atoms with Gasteiger partial charge in [0, 0.05) is 23.7 Å². The molecule has 0 radical (unpaired) electrons. The van der Waals surface area contributed by atoms with Crippen molar-refractivity contribution >= 4 is 23.2 Å². The Kier molecular flexibility index (Phi) is 4.08. The molecule has 0 bridgehead atoms. The Morgan fingerprint density at radius 2 is 2.15 bits per heavy atom. The van der Waals surface area contributed by atoms with Crippen molar-refractivity contribution in [2.45, 2.75) is 26.7 Å². The molecule has 0 saturated heterocycles. The predicted octanol–water partition coefficient (Wildman–Crippen LogP) is 3.33. The van der Waals surface area contributed by atoms with E-state index in [4.69, 9.17) is 23.2 Å². The van der Waals surface area contributed by atoms with Crippen LogP contribution < -0.4 is 5.32 Å². The van der Waals surface area contributed by atoms with Crippen molar-refractivity contribution in [1.29, 1.82) is 0 Å². The second kappa shape index (κ2) is 4.68. The maximum Gasteiger partial charge on any atom is 0.0431 e. The minimum absolute atomic E-state index is 0.545. The van der Waals surface area contributed by atoms with E-state index in [2.05, 4.69) is 19.2 Å². The van der Waals surface area contributed by atoms with Gasteiger partial charge in [0.2, 0.25) is 0 Å². The molecule has 0 amide bonds. The summed E-state index contributed by atoms with van der Waals surface area (Å²) in [5, 5.41) is 4.02. The first-order valence-corrected chi connectivity index (χ1v) is 5.57. The fraction of sp³-hybridized carbons (Fsp3) is 0.800. The average Bonchev–Trinajstić information content (AvgIpc) is 2.85. The zero-order valence-corrected chi connectivity index (χ0v) is 9.75. The first kappa shape index (κ1) is 11.4. The first-order chi connectivity index (χ1) is 6.10. The summed E-state index contributed by atoms with van der Waals surface area (Å²) in [6.45, 7) is 6.33. The Morgan fingerprint density at radius 3 is 2.54 bits per heavy atom. The molecular weight excluding hydrogens is 205 g/mol. The van der Waals surface area contributed by atoms with Gasteiger partial charge in [-0.2, -0.15) is 0 Å². The van der Waals surface area contributed by atoms with E-state index < -0.39 is 0 Å². The average molecular weight is 222 g/mol.